The van der Waals surface area contributed by atoms with Crippen LogP contribution < -0.4 is 5.32 Å². The number of hydrogen-bond acceptors (Lipinski definition) is 4. The monoisotopic (exact) mass is 251 g/mol. The van der Waals surface area contributed by atoms with Crippen molar-refractivity contribution in [3.63, 3.8) is 0 Å². The third kappa shape index (κ3) is 4.86. The highest BCUT2D eigenvalue weighted by Gasteiger charge is 2.15. The second-order valence-electron chi connectivity index (χ2n) is 4.82. The summed E-state index contributed by atoms with van der Waals surface area (Å²) in [5.74, 6) is -1.33. The van der Waals surface area contributed by atoms with Gasteiger partial charge in [-0.05, 0) is 45.0 Å². The molecule has 2 N–H and O–H groups in total. The number of carbonyl (C=O) groups is 2. The Labute approximate surface area is 106 Å². The summed E-state index contributed by atoms with van der Waals surface area (Å²) in [5, 5.41) is 11.6. The van der Waals surface area contributed by atoms with E-state index in [2.05, 4.69) is 5.32 Å². The first kappa shape index (κ1) is 14.0. The maximum absolute atomic E-state index is 11.4. The SMILES string of the molecule is CC(C)(C)OC(=O)CNc1ccc(C(=O)O)cc1. The average Bonchev–Trinajstić information content (AvgIpc) is 2.24. The molecule has 0 aromatic heterocycles. The lowest BCUT2D eigenvalue weighted by molar-refractivity contribution is -0.152. The minimum Gasteiger partial charge on any atom is -0.478 e. The largest absolute Gasteiger partial charge is 0.478 e. The minimum atomic E-state index is -0.978. The molecule has 0 radical (unpaired) electrons. The second-order valence-corrected chi connectivity index (χ2v) is 4.82. The molecule has 98 valence electrons. The number of anilines is 1. The maximum atomic E-state index is 11.4. The van der Waals surface area contributed by atoms with Gasteiger partial charge in [0.2, 0.25) is 0 Å². The van der Waals surface area contributed by atoms with Gasteiger partial charge < -0.3 is 15.2 Å². The Bertz CT molecular complexity index is 431. The van der Waals surface area contributed by atoms with E-state index in [0.29, 0.717) is 5.69 Å². The molecule has 1 aromatic rings. The molecule has 0 unspecified atom stereocenters. The van der Waals surface area contributed by atoms with E-state index in [1.165, 1.54) is 12.1 Å². The summed E-state index contributed by atoms with van der Waals surface area (Å²) in [6.07, 6.45) is 0. The first-order valence-corrected chi connectivity index (χ1v) is 5.57. The molecule has 5 nitrogen and oxygen atoms in total. The quantitative estimate of drug-likeness (QED) is 0.802. The predicted octanol–water partition coefficient (Wildman–Crippen LogP) is 2.14. The molecule has 0 amide bonds. The molecular formula is C13H17NO4. The molecule has 0 spiro atoms. The normalized spacial score (nSPS) is 10.8. The van der Waals surface area contributed by atoms with Gasteiger partial charge in [-0.1, -0.05) is 0 Å². The van der Waals surface area contributed by atoms with Crippen LogP contribution in [-0.4, -0.2) is 29.2 Å². The van der Waals surface area contributed by atoms with Gasteiger partial charge in [0.15, 0.2) is 0 Å². The molecule has 5 heteroatoms. The average molecular weight is 251 g/mol. The fourth-order valence-electron chi connectivity index (χ4n) is 1.28. The predicted molar refractivity (Wildman–Crippen MR) is 67.7 cm³/mol. The highest BCUT2D eigenvalue weighted by molar-refractivity contribution is 5.88. The van der Waals surface area contributed by atoms with Crippen LogP contribution in [0, 0.1) is 0 Å². The minimum absolute atomic E-state index is 0.0453. The van der Waals surface area contributed by atoms with E-state index < -0.39 is 11.6 Å². The fraction of sp³-hybridized carbons (Fsp3) is 0.385. The summed E-state index contributed by atoms with van der Waals surface area (Å²) in [6.45, 7) is 5.44. The van der Waals surface area contributed by atoms with Crippen molar-refractivity contribution in [2.75, 3.05) is 11.9 Å². The number of esters is 1. The number of carbonyl (C=O) groups excluding carboxylic acids is 1. The van der Waals surface area contributed by atoms with E-state index in [1.54, 1.807) is 32.9 Å². The lowest BCUT2D eigenvalue weighted by Gasteiger charge is -2.19. The third-order valence-electron chi connectivity index (χ3n) is 1.99. The molecule has 0 heterocycles. The summed E-state index contributed by atoms with van der Waals surface area (Å²) in [4.78, 5) is 22.1. The van der Waals surface area contributed by atoms with Crippen molar-refractivity contribution in [1.29, 1.82) is 0 Å². The van der Waals surface area contributed by atoms with Crippen LogP contribution >= 0.6 is 0 Å². The van der Waals surface area contributed by atoms with Crippen LogP contribution in [0.15, 0.2) is 24.3 Å². The highest BCUT2D eigenvalue weighted by atomic mass is 16.6. The number of carboxylic acids is 1. The summed E-state index contributed by atoms with van der Waals surface area (Å²) in [5.41, 5.74) is 0.370. The topological polar surface area (TPSA) is 75.6 Å². The molecule has 1 rings (SSSR count). The summed E-state index contributed by atoms with van der Waals surface area (Å²) in [6, 6.07) is 6.15. The van der Waals surface area contributed by atoms with E-state index in [1.807, 2.05) is 0 Å². The smallest absolute Gasteiger partial charge is 0.335 e. The third-order valence-corrected chi connectivity index (χ3v) is 1.99. The maximum Gasteiger partial charge on any atom is 0.335 e. The molecule has 0 aliphatic heterocycles. The van der Waals surface area contributed by atoms with Gasteiger partial charge >= 0.3 is 11.9 Å². The molecule has 0 atom stereocenters. The van der Waals surface area contributed by atoms with Crippen molar-refractivity contribution in [3.05, 3.63) is 29.8 Å². The van der Waals surface area contributed by atoms with E-state index in [9.17, 15) is 9.59 Å². The number of hydrogen-bond donors (Lipinski definition) is 2. The zero-order valence-electron chi connectivity index (χ0n) is 10.7. The van der Waals surface area contributed by atoms with Gasteiger partial charge in [0.1, 0.15) is 12.1 Å². The number of nitrogens with one attached hydrogen (secondary N) is 1. The van der Waals surface area contributed by atoms with Gasteiger partial charge in [-0.2, -0.15) is 0 Å². The van der Waals surface area contributed by atoms with Crippen LogP contribution in [0.25, 0.3) is 0 Å². The van der Waals surface area contributed by atoms with Crippen LogP contribution in [0.3, 0.4) is 0 Å². The number of ether oxygens (including phenoxy) is 1. The molecule has 0 aliphatic rings. The van der Waals surface area contributed by atoms with E-state index in [0.717, 1.165) is 0 Å². The first-order valence-electron chi connectivity index (χ1n) is 5.57. The number of rotatable bonds is 4. The molecule has 18 heavy (non-hydrogen) atoms. The first-order chi connectivity index (χ1) is 8.28. The Kier molecular flexibility index (Phi) is 4.31. The van der Waals surface area contributed by atoms with Crippen molar-refractivity contribution >= 4 is 17.6 Å². The zero-order valence-corrected chi connectivity index (χ0v) is 10.7. The van der Waals surface area contributed by atoms with E-state index in [-0.39, 0.29) is 18.1 Å². The van der Waals surface area contributed by atoms with Crippen LogP contribution in [-0.2, 0) is 9.53 Å². The van der Waals surface area contributed by atoms with Gasteiger partial charge in [-0.25, -0.2) is 4.79 Å². The van der Waals surface area contributed by atoms with Gasteiger partial charge in [0, 0.05) is 5.69 Å². The number of aromatic carboxylic acids is 1. The standard InChI is InChI=1S/C13H17NO4/c1-13(2,3)18-11(15)8-14-10-6-4-9(5-7-10)12(16)17/h4-7,14H,8H2,1-3H3,(H,16,17). The van der Waals surface area contributed by atoms with Gasteiger partial charge in [-0.15, -0.1) is 0 Å². The lowest BCUT2D eigenvalue weighted by atomic mass is 10.2. The van der Waals surface area contributed by atoms with Crippen molar-refractivity contribution in [2.45, 2.75) is 26.4 Å². The fourth-order valence-corrected chi connectivity index (χ4v) is 1.28. The molecule has 1 aromatic carbocycles. The second kappa shape index (κ2) is 5.53. The molecule has 0 bridgehead atoms. The zero-order chi connectivity index (χ0) is 13.8. The Balaban J connectivity index is 2.49. The van der Waals surface area contributed by atoms with Crippen LogP contribution in [0.5, 0.6) is 0 Å². The van der Waals surface area contributed by atoms with Gasteiger partial charge in [0.25, 0.3) is 0 Å². The molecular weight excluding hydrogens is 234 g/mol. The van der Waals surface area contributed by atoms with Crippen molar-refractivity contribution in [3.8, 4) is 0 Å². The Morgan fingerprint density at radius 2 is 1.78 bits per heavy atom. The summed E-state index contributed by atoms with van der Waals surface area (Å²) >= 11 is 0. The Hall–Kier alpha value is -2.04. The molecule has 0 aliphatic carbocycles. The highest BCUT2D eigenvalue weighted by Crippen LogP contribution is 2.10. The number of carboxylic acid groups (broad SMARTS) is 1. The summed E-state index contributed by atoms with van der Waals surface area (Å²) in [7, 11) is 0. The van der Waals surface area contributed by atoms with Crippen LogP contribution in [0.4, 0.5) is 5.69 Å². The Morgan fingerprint density at radius 1 is 1.22 bits per heavy atom. The molecule has 0 fully saturated rings. The van der Waals surface area contributed by atoms with E-state index >= 15 is 0 Å². The summed E-state index contributed by atoms with van der Waals surface area (Å²) < 4.78 is 5.13. The van der Waals surface area contributed by atoms with Crippen molar-refractivity contribution in [1.82, 2.24) is 0 Å². The van der Waals surface area contributed by atoms with Crippen molar-refractivity contribution in [2.24, 2.45) is 0 Å². The van der Waals surface area contributed by atoms with Crippen LogP contribution in [0.1, 0.15) is 31.1 Å². The van der Waals surface area contributed by atoms with Crippen molar-refractivity contribution < 1.29 is 19.4 Å². The number of benzene rings is 1. The van der Waals surface area contributed by atoms with Gasteiger partial charge in [-0.3, -0.25) is 4.79 Å². The Morgan fingerprint density at radius 3 is 2.22 bits per heavy atom. The van der Waals surface area contributed by atoms with E-state index in [4.69, 9.17) is 9.84 Å². The molecule has 0 saturated heterocycles. The van der Waals surface area contributed by atoms with Crippen LogP contribution in [0.2, 0.25) is 0 Å². The molecule has 0 saturated carbocycles. The lowest BCUT2D eigenvalue weighted by Crippen LogP contribution is -2.28. The van der Waals surface area contributed by atoms with Gasteiger partial charge in [0.05, 0.1) is 5.56 Å².